The van der Waals surface area contributed by atoms with Crippen molar-refractivity contribution < 1.29 is 14.3 Å². The molecule has 1 heterocycles. The predicted molar refractivity (Wildman–Crippen MR) is 76.5 cm³/mol. The van der Waals surface area contributed by atoms with E-state index < -0.39 is 11.9 Å². The largest absolute Gasteiger partial charge is 0.465 e. The molecule has 0 radical (unpaired) electrons. The number of Topliss-reactive ketones (excluding diaryl/α,β-unsaturated/α-hetero) is 1. The molecule has 0 bridgehead atoms. The second-order valence-electron chi connectivity index (χ2n) is 4.49. The van der Waals surface area contributed by atoms with Crippen LogP contribution in [0.25, 0.3) is 10.9 Å². The average Bonchev–Trinajstić information content (AvgIpc) is 2.47. The molecule has 2 aromatic rings. The summed E-state index contributed by atoms with van der Waals surface area (Å²) in [5.41, 5.74) is 1.35. The quantitative estimate of drug-likeness (QED) is 0.476. The Kier molecular flexibility index (Phi) is 4.45. The van der Waals surface area contributed by atoms with Gasteiger partial charge in [-0.05, 0) is 37.6 Å². The Bertz CT molecular complexity index is 636. The van der Waals surface area contributed by atoms with Crippen LogP contribution in [0.5, 0.6) is 0 Å². The first-order valence-electron chi connectivity index (χ1n) is 6.73. The summed E-state index contributed by atoms with van der Waals surface area (Å²) in [4.78, 5) is 28.4. The fraction of sp³-hybridized carbons (Fsp3) is 0.312. The first-order chi connectivity index (χ1) is 9.67. The number of ketones is 1. The van der Waals surface area contributed by atoms with Crippen LogP contribution in [0.15, 0.2) is 36.5 Å². The Morgan fingerprint density at radius 3 is 2.75 bits per heavy atom. The number of carbonyl (C=O) groups is 2. The molecule has 0 aliphatic rings. The third-order valence-corrected chi connectivity index (χ3v) is 3.18. The third-order valence-electron chi connectivity index (χ3n) is 3.18. The highest BCUT2D eigenvalue weighted by Gasteiger charge is 2.27. The highest BCUT2D eigenvalue weighted by atomic mass is 16.5. The Labute approximate surface area is 117 Å². The molecule has 0 saturated carbocycles. The van der Waals surface area contributed by atoms with E-state index in [2.05, 4.69) is 4.98 Å². The lowest BCUT2D eigenvalue weighted by molar-refractivity contribution is -0.146. The molecule has 20 heavy (non-hydrogen) atoms. The predicted octanol–water partition coefficient (Wildman–Crippen LogP) is 3.01. The van der Waals surface area contributed by atoms with Crippen LogP contribution in [0.1, 0.15) is 30.6 Å². The summed E-state index contributed by atoms with van der Waals surface area (Å²) >= 11 is 0. The molecule has 1 aromatic heterocycles. The van der Waals surface area contributed by atoms with E-state index in [1.54, 1.807) is 31.3 Å². The van der Waals surface area contributed by atoms with Crippen molar-refractivity contribution in [1.82, 2.24) is 4.98 Å². The van der Waals surface area contributed by atoms with Crippen LogP contribution in [0.2, 0.25) is 0 Å². The molecule has 0 fully saturated rings. The van der Waals surface area contributed by atoms with Crippen LogP contribution in [0, 0.1) is 5.92 Å². The first kappa shape index (κ1) is 14.2. The number of carbonyl (C=O) groups excluding carboxylic acids is 2. The zero-order valence-corrected chi connectivity index (χ0v) is 11.6. The van der Waals surface area contributed by atoms with Crippen molar-refractivity contribution in [3.63, 3.8) is 0 Å². The summed E-state index contributed by atoms with van der Waals surface area (Å²) in [7, 11) is 0. The molecule has 104 valence electrons. The van der Waals surface area contributed by atoms with E-state index in [0.717, 1.165) is 10.9 Å². The third kappa shape index (κ3) is 2.85. The molecule has 1 unspecified atom stereocenters. The number of ether oxygens (including phenoxy) is 1. The van der Waals surface area contributed by atoms with Gasteiger partial charge in [0.15, 0.2) is 5.78 Å². The van der Waals surface area contributed by atoms with Crippen LogP contribution in [0.4, 0.5) is 0 Å². The Hall–Kier alpha value is -2.23. The van der Waals surface area contributed by atoms with Gasteiger partial charge in [-0.25, -0.2) is 0 Å². The molecule has 0 aliphatic carbocycles. The highest BCUT2D eigenvalue weighted by molar-refractivity contribution is 6.09. The fourth-order valence-electron chi connectivity index (χ4n) is 2.13. The van der Waals surface area contributed by atoms with Gasteiger partial charge < -0.3 is 4.74 Å². The summed E-state index contributed by atoms with van der Waals surface area (Å²) in [6, 6.07) is 8.98. The van der Waals surface area contributed by atoms with Crippen molar-refractivity contribution in [3.8, 4) is 0 Å². The van der Waals surface area contributed by atoms with Gasteiger partial charge in [0.2, 0.25) is 0 Å². The van der Waals surface area contributed by atoms with E-state index in [-0.39, 0.29) is 12.4 Å². The topological polar surface area (TPSA) is 56.3 Å². The average molecular weight is 271 g/mol. The minimum Gasteiger partial charge on any atom is -0.465 e. The van der Waals surface area contributed by atoms with Gasteiger partial charge in [-0.15, -0.1) is 0 Å². The van der Waals surface area contributed by atoms with Gasteiger partial charge in [-0.2, -0.15) is 0 Å². The zero-order chi connectivity index (χ0) is 14.5. The van der Waals surface area contributed by atoms with Crippen LogP contribution in [-0.2, 0) is 9.53 Å². The van der Waals surface area contributed by atoms with Gasteiger partial charge in [0.1, 0.15) is 5.92 Å². The Morgan fingerprint density at radius 1 is 1.25 bits per heavy atom. The molecule has 4 heteroatoms. The molecule has 0 saturated heterocycles. The lowest BCUT2D eigenvalue weighted by atomic mass is 9.94. The first-order valence-corrected chi connectivity index (χ1v) is 6.73. The maximum absolute atomic E-state index is 12.4. The number of benzene rings is 1. The minimum atomic E-state index is -0.732. The molecule has 2 rings (SSSR count). The van der Waals surface area contributed by atoms with Gasteiger partial charge in [0.05, 0.1) is 12.1 Å². The lowest BCUT2D eigenvalue weighted by Gasteiger charge is -2.12. The van der Waals surface area contributed by atoms with Crippen LogP contribution < -0.4 is 0 Å². The SMILES string of the molecule is CCOC(=O)C(CC)C(=O)c1ccc2ncccc2c1. The summed E-state index contributed by atoms with van der Waals surface area (Å²) in [5, 5.41) is 0.886. The monoisotopic (exact) mass is 271 g/mol. The van der Waals surface area contributed by atoms with Gasteiger partial charge >= 0.3 is 5.97 Å². The summed E-state index contributed by atoms with van der Waals surface area (Å²) in [5.74, 6) is -1.38. The molecule has 0 amide bonds. The number of hydrogen-bond acceptors (Lipinski definition) is 4. The molecule has 0 spiro atoms. The Morgan fingerprint density at radius 2 is 2.05 bits per heavy atom. The molecule has 0 aliphatic heterocycles. The normalized spacial score (nSPS) is 12.1. The van der Waals surface area contributed by atoms with Crippen molar-refractivity contribution in [2.24, 2.45) is 5.92 Å². The second kappa shape index (κ2) is 6.28. The van der Waals surface area contributed by atoms with Crippen molar-refractivity contribution in [1.29, 1.82) is 0 Å². The smallest absolute Gasteiger partial charge is 0.316 e. The number of aromatic nitrogens is 1. The molecule has 1 aromatic carbocycles. The van der Waals surface area contributed by atoms with Crippen molar-refractivity contribution in [2.75, 3.05) is 6.61 Å². The van der Waals surface area contributed by atoms with Crippen molar-refractivity contribution >= 4 is 22.7 Å². The zero-order valence-electron chi connectivity index (χ0n) is 11.6. The number of hydrogen-bond donors (Lipinski definition) is 0. The van der Waals surface area contributed by atoms with E-state index in [0.29, 0.717) is 12.0 Å². The van der Waals surface area contributed by atoms with E-state index in [4.69, 9.17) is 4.74 Å². The summed E-state index contributed by atoms with van der Waals surface area (Å²) in [6.45, 7) is 3.82. The van der Waals surface area contributed by atoms with Gasteiger partial charge in [-0.1, -0.05) is 13.0 Å². The lowest BCUT2D eigenvalue weighted by Crippen LogP contribution is -2.25. The molecule has 1 atom stereocenters. The molecule has 0 N–H and O–H groups in total. The van der Waals surface area contributed by atoms with E-state index in [9.17, 15) is 9.59 Å². The van der Waals surface area contributed by atoms with E-state index in [1.807, 2.05) is 19.1 Å². The fourth-order valence-corrected chi connectivity index (χ4v) is 2.13. The molecular weight excluding hydrogens is 254 g/mol. The number of fused-ring (bicyclic) bond motifs is 1. The van der Waals surface area contributed by atoms with Gasteiger partial charge in [-0.3, -0.25) is 14.6 Å². The van der Waals surface area contributed by atoms with Crippen LogP contribution in [0.3, 0.4) is 0 Å². The molecule has 4 nitrogen and oxygen atoms in total. The number of esters is 1. The van der Waals surface area contributed by atoms with Crippen molar-refractivity contribution in [3.05, 3.63) is 42.1 Å². The highest BCUT2D eigenvalue weighted by Crippen LogP contribution is 2.19. The Balaban J connectivity index is 2.31. The standard InChI is InChI=1S/C16H17NO3/c1-3-13(16(19)20-4-2)15(18)12-7-8-14-11(10-12)6-5-9-17-14/h5-10,13H,3-4H2,1-2H3. The van der Waals surface area contributed by atoms with Gasteiger partial charge in [0, 0.05) is 17.1 Å². The maximum Gasteiger partial charge on any atom is 0.316 e. The number of nitrogens with zero attached hydrogens (tertiary/aromatic N) is 1. The van der Waals surface area contributed by atoms with Crippen LogP contribution >= 0.6 is 0 Å². The molecular formula is C16H17NO3. The number of pyridine rings is 1. The summed E-state index contributed by atoms with van der Waals surface area (Å²) < 4.78 is 4.95. The van der Waals surface area contributed by atoms with E-state index in [1.165, 1.54) is 0 Å². The number of rotatable bonds is 5. The van der Waals surface area contributed by atoms with E-state index >= 15 is 0 Å². The minimum absolute atomic E-state index is 0.197. The second-order valence-corrected chi connectivity index (χ2v) is 4.49. The van der Waals surface area contributed by atoms with Crippen LogP contribution in [-0.4, -0.2) is 23.3 Å². The maximum atomic E-state index is 12.4. The summed E-state index contributed by atoms with van der Waals surface area (Å²) in [6.07, 6.45) is 2.14. The van der Waals surface area contributed by atoms with Crippen molar-refractivity contribution in [2.45, 2.75) is 20.3 Å². The van der Waals surface area contributed by atoms with Gasteiger partial charge in [0.25, 0.3) is 0 Å².